The molecule has 29 heavy (non-hydrogen) atoms. The molecule has 5 atom stereocenters. The van der Waals surface area contributed by atoms with Gasteiger partial charge in [-0.05, 0) is 25.7 Å². The summed E-state index contributed by atoms with van der Waals surface area (Å²) in [5, 5.41) is 21.0. The van der Waals surface area contributed by atoms with Gasteiger partial charge in [-0.25, -0.2) is 9.78 Å². The van der Waals surface area contributed by atoms with Gasteiger partial charge in [0, 0.05) is 24.7 Å². The molecule has 3 N–H and O–H groups in total. The average Bonchev–Trinajstić information content (AvgIpc) is 3.29. The van der Waals surface area contributed by atoms with Crippen LogP contribution in [0.4, 0.5) is 0 Å². The lowest BCUT2D eigenvalue weighted by atomic mass is 9.89. The van der Waals surface area contributed by atoms with Crippen LogP contribution in [0.25, 0.3) is 0 Å². The maximum Gasteiger partial charge on any atom is 0.322 e. The quantitative estimate of drug-likeness (QED) is 0.231. The molecule has 0 aromatic rings. The van der Waals surface area contributed by atoms with Crippen LogP contribution in [0, 0.1) is 11.8 Å². The number of fused-ring (bicyclic) bond motifs is 2. The summed E-state index contributed by atoms with van der Waals surface area (Å²) in [6, 6.07) is 0. The molecule has 1 saturated carbocycles. The molecule has 164 valence electrons. The highest BCUT2D eigenvalue weighted by atomic mass is 17.2. The molecule has 0 aromatic heterocycles. The summed E-state index contributed by atoms with van der Waals surface area (Å²) in [6.45, 7) is 1.82. The second-order valence-electron chi connectivity index (χ2n) is 7.96. The number of rotatable bonds is 14. The Morgan fingerprint density at radius 2 is 1.97 bits per heavy atom. The van der Waals surface area contributed by atoms with E-state index in [1.807, 2.05) is 6.08 Å². The Morgan fingerprint density at radius 3 is 2.72 bits per heavy atom. The number of aliphatic carboxylic acids is 1. The molecule has 7 nitrogen and oxygen atoms in total. The number of aliphatic hydroxyl groups is 1. The zero-order valence-corrected chi connectivity index (χ0v) is 17.3. The molecule has 0 unspecified atom stereocenters. The third kappa shape index (κ3) is 8.28. The number of nitrogens with one attached hydrogen (secondary N) is 1. The molecule has 1 aliphatic carbocycles. The molecule has 1 aliphatic heterocycles. The molecule has 0 radical (unpaired) electrons. The summed E-state index contributed by atoms with van der Waals surface area (Å²) >= 11 is 0. The van der Waals surface area contributed by atoms with Crippen LogP contribution in [0.3, 0.4) is 0 Å². The number of carbonyl (C=O) groups excluding carboxylic acids is 1. The average molecular weight is 410 g/mol. The highest BCUT2D eigenvalue weighted by Crippen LogP contribution is 2.44. The van der Waals surface area contributed by atoms with Crippen LogP contribution in [0.5, 0.6) is 0 Å². The van der Waals surface area contributed by atoms with Crippen molar-refractivity contribution in [3.8, 4) is 0 Å². The summed E-state index contributed by atoms with van der Waals surface area (Å²) < 4.78 is 0. The fourth-order valence-corrected chi connectivity index (χ4v) is 3.99. The zero-order valence-electron chi connectivity index (χ0n) is 17.3. The van der Waals surface area contributed by atoms with Crippen LogP contribution < -0.4 is 5.32 Å². The number of aliphatic hydroxyl groups excluding tert-OH is 1. The van der Waals surface area contributed by atoms with E-state index < -0.39 is 12.1 Å². The van der Waals surface area contributed by atoms with Crippen LogP contribution in [-0.2, 0) is 19.4 Å². The lowest BCUT2D eigenvalue weighted by Gasteiger charge is -2.27. The van der Waals surface area contributed by atoms with E-state index in [-0.39, 0.29) is 30.6 Å². The number of carboxylic acids is 1. The molecule has 2 aliphatic rings. The van der Waals surface area contributed by atoms with Crippen LogP contribution in [0.2, 0.25) is 0 Å². The fraction of sp³-hybridized carbons (Fsp3) is 0.727. The summed E-state index contributed by atoms with van der Waals surface area (Å²) in [4.78, 5) is 32.7. The van der Waals surface area contributed by atoms with Crippen LogP contribution in [0.15, 0.2) is 24.3 Å². The minimum Gasteiger partial charge on any atom is -0.480 e. The first kappa shape index (κ1) is 23.6. The largest absolute Gasteiger partial charge is 0.480 e. The standard InChI is InChI=1S/C22H35NO6/c1-2-3-6-9-16(24)12-13-18-17(19-14-20(18)29-28-19)10-7-4-5-8-11-21(25)23-15-22(26)27/h4,7,12-13,16-20,24H,2-3,5-6,8-11,14-15H2,1H3,(H,23,25)(H,26,27)/b7-4-,13-12+/t16-,17+,18+,19-,20+/m0/s1. The van der Waals surface area contributed by atoms with E-state index in [1.54, 1.807) is 0 Å². The van der Waals surface area contributed by atoms with E-state index in [0.717, 1.165) is 44.9 Å². The van der Waals surface area contributed by atoms with Gasteiger partial charge in [-0.15, -0.1) is 0 Å². The van der Waals surface area contributed by atoms with E-state index in [9.17, 15) is 14.7 Å². The SMILES string of the molecule is CCCCC[C@H](O)/C=C/[C@@H]1[C@@H](C/C=C\CCCC(=O)NCC(=O)O)[C@@H]2C[C@H]1OO2. The van der Waals surface area contributed by atoms with Gasteiger partial charge in [0.05, 0.1) is 12.2 Å². The molecule has 0 aromatic carbocycles. The summed E-state index contributed by atoms with van der Waals surface area (Å²) in [7, 11) is 0. The van der Waals surface area contributed by atoms with Crippen molar-refractivity contribution < 1.29 is 29.6 Å². The third-order valence-electron chi connectivity index (χ3n) is 5.61. The number of carbonyl (C=O) groups is 2. The maximum absolute atomic E-state index is 11.5. The maximum atomic E-state index is 11.5. The van der Waals surface area contributed by atoms with E-state index in [2.05, 4.69) is 30.5 Å². The topological polar surface area (TPSA) is 105 Å². The predicted molar refractivity (Wildman–Crippen MR) is 109 cm³/mol. The Hall–Kier alpha value is -1.70. The van der Waals surface area contributed by atoms with Gasteiger partial charge in [0.1, 0.15) is 12.6 Å². The summed E-state index contributed by atoms with van der Waals surface area (Å²) in [6.07, 6.45) is 15.7. The van der Waals surface area contributed by atoms with Gasteiger partial charge in [0.2, 0.25) is 5.91 Å². The Balaban J connectivity index is 1.70. The Morgan fingerprint density at radius 1 is 1.17 bits per heavy atom. The van der Waals surface area contributed by atoms with Crippen molar-refractivity contribution in [2.75, 3.05) is 6.54 Å². The highest BCUT2D eigenvalue weighted by molar-refractivity contribution is 5.80. The van der Waals surface area contributed by atoms with Crippen molar-refractivity contribution in [1.29, 1.82) is 0 Å². The highest BCUT2D eigenvalue weighted by Gasteiger charge is 2.49. The van der Waals surface area contributed by atoms with Gasteiger partial charge < -0.3 is 15.5 Å². The lowest BCUT2D eigenvalue weighted by molar-refractivity contribution is -0.336. The molecule has 2 bridgehead atoms. The first-order chi connectivity index (χ1) is 14.0. The Labute approximate surface area is 173 Å². The lowest BCUT2D eigenvalue weighted by Crippen LogP contribution is -2.29. The molecule has 0 spiro atoms. The number of carboxylic acid groups (broad SMARTS) is 1. The van der Waals surface area contributed by atoms with Gasteiger partial charge in [-0.3, -0.25) is 9.59 Å². The zero-order chi connectivity index (χ0) is 21.1. The number of unbranched alkanes of at least 4 members (excludes halogenated alkanes) is 3. The number of hydrogen-bond donors (Lipinski definition) is 3. The third-order valence-corrected chi connectivity index (χ3v) is 5.61. The van der Waals surface area contributed by atoms with Gasteiger partial charge in [-0.2, -0.15) is 0 Å². The predicted octanol–water partition coefficient (Wildman–Crippen LogP) is 3.14. The minimum atomic E-state index is -1.03. The second kappa shape index (κ2) is 12.8. The van der Waals surface area contributed by atoms with Crippen LogP contribution in [0.1, 0.15) is 64.7 Å². The van der Waals surface area contributed by atoms with Crippen molar-refractivity contribution >= 4 is 11.9 Å². The monoisotopic (exact) mass is 409 g/mol. The second-order valence-corrected chi connectivity index (χ2v) is 7.96. The fourth-order valence-electron chi connectivity index (χ4n) is 3.99. The van der Waals surface area contributed by atoms with Crippen LogP contribution >= 0.6 is 0 Å². The van der Waals surface area contributed by atoms with Gasteiger partial charge in [-0.1, -0.05) is 50.5 Å². The molecule has 2 rings (SSSR count). The normalized spacial score (nSPS) is 27.1. The van der Waals surface area contributed by atoms with E-state index >= 15 is 0 Å². The van der Waals surface area contributed by atoms with Crippen molar-refractivity contribution in [3.05, 3.63) is 24.3 Å². The van der Waals surface area contributed by atoms with Crippen molar-refractivity contribution in [1.82, 2.24) is 5.32 Å². The van der Waals surface area contributed by atoms with E-state index in [4.69, 9.17) is 14.9 Å². The van der Waals surface area contributed by atoms with E-state index in [1.165, 1.54) is 0 Å². The van der Waals surface area contributed by atoms with Gasteiger partial charge in [0.15, 0.2) is 0 Å². The summed E-state index contributed by atoms with van der Waals surface area (Å²) in [5.74, 6) is -0.682. The summed E-state index contributed by atoms with van der Waals surface area (Å²) in [5.41, 5.74) is 0. The number of allylic oxidation sites excluding steroid dienone is 2. The van der Waals surface area contributed by atoms with E-state index in [0.29, 0.717) is 18.8 Å². The molecular formula is C22H35NO6. The molecule has 1 saturated heterocycles. The molecule has 7 heteroatoms. The first-order valence-electron chi connectivity index (χ1n) is 10.8. The van der Waals surface area contributed by atoms with Crippen LogP contribution in [-0.4, -0.2) is 46.9 Å². The number of amides is 1. The first-order valence-corrected chi connectivity index (χ1v) is 10.8. The molecule has 1 heterocycles. The molecule has 1 amide bonds. The van der Waals surface area contributed by atoms with Gasteiger partial charge in [0.25, 0.3) is 0 Å². The smallest absolute Gasteiger partial charge is 0.322 e. The molecular weight excluding hydrogens is 374 g/mol. The number of hydrogen-bond acceptors (Lipinski definition) is 5. The Kier molecular flexibility index (Phi) is 10.4. The molecule has 2 fully saturated rings. The minimum absolute atomic E-state index is 0.0652. The Bertz CT molecular complexity index is 576. The van der Waals surface area contributed by atoms with Crippen molar-refractivity contribution in [3.63, 3.8) is 0 Å². The van der Waals surface area contributed by atoms with Crippen molar-refractivity contribution in [2.45, 2.75) is 83.0 Å². The van der Waals surface area contributed by atoms with Crippen molar-refractivity contribution in [2.24, 2.45) is 11.8 Å². The van der Waals surface area contributed by atoms with Gasteiger partial charge >= 0.3 is 5.97 Å².